The van der Waals surface area contributed by atoms with Crippen LogP contribution >= 0.6 is 11.6 Å². The minimum absolute atomic E-state index is 0.00843. The Kier molecular flexibility index (Phi) is 2.38. The molecule has 7 heteroatoms. The van der Waals surface area contributed by atoms with Crippen molar-refractivity contribution >= 4 is 22.5 Å². The zero-order chi connectivity index (χ0) is 11.9. The molecule has 16 heavy (non-hydrogen) atoms. The van der Waals surface area contributed by atoms with Gasteiger partial charge in [-0.15, -0.1) is 0 Å². The van der Waals surface area contributed by atoms with Crippen molar-refractivity contribution in [3.05, 3.63) is 39.4 Å². The molecule has 2 aromatic rings. The van der Waals surface area contributed by atoms with E-state index in [1.54, 1.807) is 0 Å². The zero-order valence-corrected chi connectivity index (χ0v) is 8.36. The van der Waals surface area contributed by atoms with Gasteiger partial charge in [0, 0.05) is 0 Å². The monoisotopic (exact) mass is 248 g/mol. The second kappa shape index (κ2) is 3.48. The van der Waals surface area contributed by atoms with E-state index in [1.165, 1.54) is 0 Å². The summed E-state index contributed by atoms with van der Waals surface area (Å²) in [6.07, 6.45) is -3.60. The summed E-state index contributed by atoms with van der Waals surface area (Å²) in [5.74, 6) is 0. The van der Waals surface area contributed by atoms with E-state index in [9.17, 15) is 18.0 Å². The molecule has 0 fully saturated rings. The molecule has 1 aromatic heterocycles. The van der Waals surface area contributed by atoms with E-state index in [0.717, 1.165) is 18.5 Å². The highest BCUT2D eigenvalue weighted by Gasteiger charge is 2.34. The molecule has 0 bridgehead atoms. The molecule has 0 saturated carbocycles. The fraction of sp³-hybridized carbons (Fsp3) is 0.111. The Morgan fingerprint density at radius 3 is 2.62 bits per heavy atom. The van der Waals surface area contributed by atoms with Crippen molar-refractivity contribution in [1.29, 1.82) is 0 Å². The van der Waals surface area contributed by atoms with Crippen LogP contribution in [0.1, 0.15) is 5.56 Å². The number of benzene rings is 1. The number of nitrogens with zero attached hydrogens (tertiary/aromatic N) is 1. The van der Waals surface area contributed by atoms with E-state index in [1.807, 2.05) is 0 Å². The number of rotatable bonds is 0. The Hall–Kier alpha value is -1.56. The molecule has 0 aliphatic carbocycles. The number of aromatic nitrogens is 2. The quantitative estimate of drug-likeness (QED) is 0.779. The van der Waals surface area contributed by atoms with Crippen LogP contribution in [0, 0.1) is 0 Å². The standard InChI is InChI=1S/C9H4ClF3N2O/c10-5-2-1-4(9(11,12)13)6-7(5)14-3-15-8(6)16/h1-3H,(H,14,15,16). The summed E-state index contributed by atoms with van der Waals surface area (Å²) in [6.45, 7) is 0. The van der Waals surface area contributed by atoms with Crippen molar-refractivity contribution in [2.45, 2.75) is 6.18 Å². The Morgan fingerprint density at radius 2 is 2.00 bits per heavy atom. The molecule has 1 N–H and O–H groups in total. The number of hydrogen-bond donors (Lipinski definition) is 1. The SMILES string of the molecule is O=c1[nH]cnc2c(Cl)ccc(C(F)(F)F)c12. The first-order valence-corrected chi connectivity index (χ1v) is 4.52. The second-order valence-corrected chi connectivity index (χ2v) is 3.46. The van der Waals surface area contributed by atoms with Crippen LogP contribution in [0.25, 0.3) is 10.9 Å². The van der Waals surface area contributed by atoms with Gasteiger partial charge in [-0.1, -0.05) is 11.6 Å². The number of aromatic amines is 1. The van der Waals surface area contributed by atoms with Crippen molar-refractivity contribution in [3.8, 4) is 0 Å². The van der Waals surface area contributed by atoms with E-state index in [-0.39, 0.29) is 10.5 Å². The van der Waals surface area contributed by atoms with Crippen LogP contribution in [-0.4, -0.2) is 9.97 Å². The van der Waals surface area contributed by atoms with Gasteiger partial charge in [-0.05, 0) is 12.1 Å². The molecule has 0 unspecified atom stereocenters. The van der Waals surface area contributed by atoms with E-state index in [2.05, 4.69) is 9.97 Å². The molecule has 0 aliphatic heterocycles. The molecule has 0 amide bonds. The molecule has 0 atom stereocenters. The molecule has 1 aromatic carbocycles. The second-order valence-electron chi connectivity index (χ2n) is 3.05. The molecule has 1 heterocycles. The Balaban J connectivity index is 2.99. The number of fused-ring (bicyclic) bond motifs is 1. The van der Waals surface area contributed by atoms with Crippen LogP contribution in [0.4, 0.5) is 13.2 Å². The number of H-pyrrole nitrogens is 1. The maximum absolute atomic E-state index is 12.6. The molecular formula is C9H4ClF3N2O. The van der Waals surface area contributed by atoms with Gasteiger partial charge in [-0.2, -0.15) is 13.2 Å². The Bertz CT molecular complexity index is 606. The van der Waals surface area contributed by atoms with Crippen LogP contribution in [-0.2, 0) is 6.18 Å². The fourth-order valence-corrected chi connectivity index (χ4v) is 1.59. The van der Waals surface area contributed by atoms with E-state index >= 15 is 0 Å². The van der Waals surface area contributed by atoms with Crippen LogP contribution in [0.5, 0.6) is 0 Å². The van der Waals surface area contributed by atoms with Gasteiger partial charge in [0.25, 0.3) is 5.56 Å². The van der Waals surface area contributed by atoms with Crippen LogP contribution < -0.4 is 5.56 Å². The van der Waals surface area contributed by atoms with Crippen molar-refractivity contribution < 1.29 is 13.2 Å². The first-order valence-electron chi connectivity index (χ1n) is 4.14. The molecule has 3 nitrogen and oxygen atoms in total. The number of hydrogen-bond acceptors (Lipinski definition) is 2. The third-order valence-corrected chi connectivity index (χ3v) is 2.36. The Labute approximate surface area is 91.9 Å². The van der Waals surface area contributed by atoms with Gasteiger partial charge in [0.1, 0.15) is 0 Å². The lowest BCUT2D eigenvalue weighted by Crippen LogP contribution is -2.14. The fourth-order valence-electron chi connectivity index (χ4n) is 1.39. The van der Waals surface area contributed by atoms with E-state index in [0.29, 0.717) is 0 Å². The highest BCUT2D eigenvalue weighted by molar-refractivity contribution is 6.35. The number of nitrogens with one attached hydrogen (secondary N) is 1. The molecule has 0 aliphatic rings. The molecule has 0 saturated heterocycles. The summed E-state index contributed by atoms with van der Waals surface area (Å²) in [5, 5.41) is -0.531. The van der Waals surface area contributed by atoms with Gasteiger partial charge in [0.2, 0.25) is 0 Å². The zero-order valence-electron chi connectivity index (χ0n) is 7.60. The first-order chi connectivity index (χ1) is 7.41. The molecule has 0 radical (unpaired) electrons. The normalized spacial score (nSPS) is 12.0. The topological polar surface area (TPSA) is 45.8 Å². The van der Waals surface area contributed by atoms with Crippen LogP contribution in [0.15, 0.2) is 23.3 Å². The summed E-state index contributed by atoms with van der Waals surface area (Å²) in [5.41, 5.74) is -2.05. The minimum atomic E-state index is -4.61. The lowest BCUT2D eigenvalue weighted by molar-refractivity contribution is -0.136. The van der Waals surface area contributed by atoms with E-state index in [4.69, 9.17) is 11.6 Å². The summed E-state index contributed by atoms with van der Waals surface area (Å²) in [6, 6.07) is 1.83. The first kappa shape index (κ1) is 10.9. The molecule has 2 rings (SSSR count). The van der Waals surface area contributed by atoms with Gasteiger partial charge >= 0.3 is 6.18 Å². The average molecular weight is 249 g/mol. The van der Waals surface area contributed by atoms with Gasteiger partial charge < -0.3 is 4.98 Å². The molecule has 0 spiro atoms. The maximum Gasteiger partial charge on any atom is 0.417 e. The maximum atomic E-state index is 12.6. The summed E-state index contributed by atoms with van der Waals surface area (Å²) in [7, 11) is 0. The molecular weight excluding hydrogens is 245 g/mol. The van der Waals surface area contributed by atoms with Gasteiger partial charge in [-0.25, -0.2) is 4.98 Å². The molecule has 84 valence electrons. The lowest BCUT2D eigenvalue weighted by atomic mass is 10.1. The number of alkyl halides is 3. The van der Waals surface area contributed by atoms with Gasteiger partial charge in [0.15, 0.2) is 0 Å². The van der Waals surface area contributed by atoms with Crippen molar-refractivity contribution in [2.75, 3.05) is 0 Å². The minimum Gasteiger partial charge on any atom is -0.313 e. The predicted molar refractivity (Wildman–Crippen MR) is 52.4 cm³/mol. The number of halogens is 4. The highest BCUT2D eigenvalue weighted by atomic mass is 35.5. The summed E-state index contributed by atoms with van der Waals surface area (Å²) >= 11 is 5.67. The Morgan fingerprint density at radius 1 is 1.31 bits per heavy atom. The third-order valence-electron chi connectivity index (χ3n) is 2.05. The predicted octanol–water partition coefficient (Wildman–Crippen LogP) is 2.60. The lowest BCUT2D eigenvalue weighted by Gasteiger charge is -2.09. The van der Waals surface area contributed by atoms with Crippen molar-refractivity contribution in [2.24, 2.45) is 0 Å². The van der Waals surface area contributed by atoms with Gasteiger partial charge in [0.05, 0.1) is 27.8 Å². The van der Waals surface area contributed by atoms with Crippen molar-refractivity contribution in [1.82, 2.24) is 9.97 Å². The average Bonchev–Trinajstić information content (AvgIpc) is 2.18. The third kappa shape index (κ3) is 1.65. The highest BCUT2D eigenvalue weighted by Crippen LogP contribution is 2.34. The summed E-state index contributed by atoms with van der Waals surface area (Å²) in [4.78, 5) is 17.1. The summed E-state index contributed by atoms with van der Waals surface area (Å²) < 4.78 is 37.8. The largest absolute Gasteiger partial charge is 0.417 e. The van der Waals surface area contributed by atoms with Crippen molar-refractivity contribution in [3.63, 3.8) is 0 Å². The van der Waals surface area contributed by atoms with Crippen LogP contribution in [0.3, 0.4) is 0 Å². The van der Waals surface area contributed by atoms with Gasteiger partial charge in [-0.3, -0.25) is 4.79 Å². The van der Waals surface area contributed by atoms with E-state index < -0.39 is 22.7 Å². The van der Waals surface area contributed by atoms with Crippen LogP contribution in [0.2, 0.25) is 5.02 Å². The smallest absolute Gasteiger partial charge is 0.313 e.